The Morgan fingerprint density at radius 2 is 1.70 bits per heavy atom. The molecule has 0 radical (unpaired) electrons. The van der Waals surface area contributed by atoms with Crippen LogP contribution in [0, 0.1) is 0 Å². The van der Waals surface area contributed by atoms with Gasteiger partial charge in [0.1, 0.15) is 5.76 Å². The summed E-state index contributed by atoms with van der Waals surface area (Å²) in [4.78, 5) is 2.53. The molecule has 0 unspecified atom stereocenters. The van der Waals surface area contributed by atoms with Crippen LogP contribution in [0.25, 0.3) is 0 Å². The Morgan fingerprint density at radius 1 is 0.950 bits per heavy atom. The van der Waals surface area contributed by atoms with E-state index in [1.165, 1.54) is 37.1 Å². The van der Waals surface area contributed by atoms with Gasteiger partial charge in [-0.15, -0.1) is 0 Å². The van der Waals surface area contributed by atoms with Crippen molar-refractivity contribution in [2.45, 2.75) is 32.5 Å². The molecule has 0 spiro atoms. The van der Waals surface area contributed by atoms with E-state index >= 15 is 0 Å². The summed E-state index contributed by atoms with van der Waals surface area (Å²) in [5.41, 5.74) is 2.74. The molecule has 3 nitrogen and oxygen atoms in total. The van der Waals surface area contributed by atoms with Crippen molar-refractivity contribution in [2.24, 2.45) is 0 Å². The van der Waals surface area contributed by atoms with Crippen LogP contribution < -0.4 is 5.32 Å². The second-order valence-corrected chi connectivity index (χ2v) is 5.48. The Kier molecular flexibility index (Phi) is 4.51. The average Bonchev–Trinajstić information content (AvgIpc) is 3.14. The van der Waals surface area contributed by atoms with Crippen LogP contribution >= 0.6 is 0 Å². The van der Waals surface area contributed by atoms with Crippen LogP contribution in [0.1, 0.15) is 29.7 Å². The molecule has 1 saturated heterocycles. The lowest BCUT2D eigenvalue weighted by molar-refractivity contribution is 0.331. The summed E-state index contributed by atoms with van der Waals surface area (Å²) in [7, 11) is 0. The van der Waals surface area contributed by atoms with Crippen LogP contribution in [0.2, 0.25) is 0 Å². The first-order chi connectivity index (χ1) is 9.90. The smallest absolute Gasteiger partial charge is 0.117 e. The molecule has 0 saturated carbocycles. The summed E-state index contributed by atoms with van der Waals surface area (Å²) >= 11 is 0. The molecule has 1 fully saturated rings. The Bertz CT molecular complexity index is 498. The van der Waals surface area contributed by atoms with Gasteiger partial charge in [-0.2, -0.15) is 0 Å². The fraction of sp³-hybridized carbons (Fsp3) is 0.412. The van der Waals surface area contributed by atoms with Crippen molar-refractivity contribution in [3.05, 3.63) is 59.5 Å². The van der Waals surface area contributed by atoms with Gasteiger partial charge in [-0.25, -0.2) is 0 Å². The fourth-order valence-electron chi connectivity index (χ4n) is 2.70. The first-order valence-corrected chi connectivity index (χ1v) is 7.43. The molecule has 20 heavy (non-hydrogen) atoms. The summed E-state index contributed by atoms with van der Waals surface area (Å²) in [6.45, 7) is 5.27. The van der Waals surface area contributed by atoms with E-state index in [2.05, 4.69) is 34.5 Å². The molecule has 0 atom stereocenters. The molecular weight excluding hydrogens is 248 g/mol. The minimum absolute atomic E-state index is 0.780. The molecule has 2 heterocycles. The number of nitrogens with zero attached hydrogens (tertiary/aromatic N) is 1. The molecule has 1 aliphatic heterocycles. The van der Waals surface area contributed by atoms with Gasteiger partial charge in [0.25, 0.3) is 0 Å². The lowest BCUT2D eigenvalue weighted by atomic mass is 10.1. The molecule has 0 amide bonds. The number of hydrogen-bond acceptors (Lipinski definition) is 3. The Hall–Kier alpha value is -1.58. The molecule has 1 aromatic heterocycles. The molecule has 1 aromatic carbocycles. The molecule has 3 heteroatoms. The standard InChI is InChI=1S/C17H22N2O/c1-2-10-19(9-1)14-16-7-5-15(6-8-16)12-18-13-17-4-3-11-20-17/h3-8,11,18H,1-2,9-10,12-14H2. The lowest BCUT2D eigenvalue weighted by Gasteiger charge is -2.14. The van der Waals surface area contributed by atoms with Gasteiger partial charge in [-0.1, -0.05) is 24.3 Å². The quantitative estimate of drug-likeness (QED) is 0.874. The maximum atomic E-state index is 5.30. The van der Waals surface area contributed by atoms with Gasteiger partial charge >= 0.3 is 0 Å². The molecular formula is C17H22N2O. The third-order valence-electron chi connectivity index (χ3n) is 3.84. The highest BCUT2D eigenvalue weighted by Crippen LogP contribution is 2.13. The first kappa shape index (κ1) is 13.4. The summed E-state index contributed by atoms with van der Waals surface area (Å²) < 4.78 is 5.30. The zero-order valence-electron chi connectivity index (χ0n) is 11.8. The maximum absolute atomic E-state index is 5.30. The molecule has 1 aliphatic rings. The van der Waals surface area contributed by atoms with Crippen LogP contribution in [-0.2, 0) is 19.6 Å². The third-order valence-corrected chi connectivity index (χ3v) is 3.84. The fourth-order valence-corrected chi connectivity index (χ4v) is 2.70. The summed E-state index contributed by atoms with van der Waals surface area (Å²) in [5.74, 6) is 0.982. The van der Waals surface area contributed by atoms with Crippen molar-refractivity contribution >= 4 is 0 Å². The Labute approximate surface area is 120 Å². The van der Waals surface area contributed by atoms with Crippen LogP contribution in [0.4, 0.5) is 0 Å². The molecule has 1 N–H and O–H groups in total. The molecule has 0 aliphatic carbocycles. The highest BCUT2D eigenvalue weighted by molar-refractivity contribution is 5.22. The van der Waals surface area contributed by atoms with E-state index in [1.54, 1.807) is 6.26 Å². The van der Waals surface area contributed by atoms with Crippen molar-refractivity contribution in [2.75, 3.05) is 13.1 Å². The van der Waals surface area contributed by atoms with Gasteiger partial charge in [-0.05, 0) is 49.2 Å². The van der Waals surface area contributed by atoms with Crippen LogP contribution in [0.3, 0.4) is 0 Å². The Balaban J connectivity index is 1.45. The predicted molar refractivity (Wildman–Crippen MR) is 80.2 cm³/mol. The zero-order chi connectivity index (χ0) is 13.6. The summed E-state index contributed by atoms with van der Waals surface area (Å²) in [6, 6.07) is 12.9. The van der Waals surface area contributed by atoms with E-state index in [4.69, 9.17) is 4.42 Å². The average molecular weight is 270 g/mol. The minimum atomic E-state index is 0.780. The summed E-state index contributed by atoms with van der Waals surface area (Å²) in [5, 5.41) is 3.39. The van der Waals surface area contributed by atoms with Crippen molar-refractivity contribution < 1.29 is 4.42 Å². The largest absolute Gasteiger partial charge is 0.468 e. The van der Waals surface area contributed by atoms with Gasteiger partial charge in [0.2, 0.25) is 0 Å². The molecule has 3 rings (SSSR count). The number of likely N-dealkylation sites (tertiary alicyclic amines) is 1. The first-order valence-electron chi connectivity index (χ1n) is 7.43. The van der Waals surface area contributed by atoms with Crippen LogP contribution in [0.15, 0.2) is 47.1 Å². The summed E-state index contributed by atoms with van der Waals surface area (Å²) in [6.07, 6.45) is 4.42. The lowest BCUT2D eigenvalue weighted by Crippen LogP contribution is -2.18. The number of hydrogen-bond donors (Lipinski definition) is 1. The topological polar surface area (TPSA) is 28.4 Å². The second kappa shape index (κ2) is 6.73. The van der Waals surface area contributed by atoms with E-state index < -0.39 is 0 Å². The second-order valence-electron chi connectivity index (χ2n) is 5.48. The Morgan fingerprint density at radius 3 is 2.40 bits per heavy atom. The number of nitrogens with one attached hydrogen (secondary N) is 1. The highest BCUT2D eigenvalue weighted by Gasteiger charge is 2.11. The van der Waals surface area contributed by atoms with E-state index in [1.807, 2.05) is 12.1 Å². The van der Waals surface area contributed by atoms with E-state index in [0.29, 0.717) is 0 Å². The van der Waals surface area contributed by atoms with Gasteiger partial charge < -0.3 is 9.73 Å². The number of benzene rings is 1. The van der Waals surface area contributed by atoms with Crippen molar-refractivity contribution in [3.63, 3.8) is 0 Å². The van der Waals surface area contributed by atoms with Gasteiger partial charge in [0.15, 0.2) is 0 Å². The number of rotatable bonds is 6. The third kappa shape index (κ3) is 3.71. The van der Waals surface area contributed by atoms with Gasteiger partial charge in [0, 0.05) is 13.1 Å². The normalized spacial score (nSPS) is 15.8. The predicted octanol–water partition coefficient (Wildman–Crippen LogP) is 3.17. The van der Waals surface area contributed by atoms with E-state index in [9.17, 15) is 0 Å². The van der Waals surface area contributed by atoms with E-state index in [0.717, 1.165) is 25.4 Å². The van der Waals surface area contributed by atoms with Crippen molar-refractivity contribution in [1.29, 1.82) is 0 Å². The van der Waals surface area contributed by atoms with Crippen LogP contribution in [0.5, 0.6) is 0 Å². The van der Waals surface area contributed by atoms with Crippen LogP contribution in [-0.4, -0.2) is 18.0 Å². The van der Waals surface area contributed by atoms with Crippen molar-refractivity contribution in [3.8, 4) is 0 Å². The van der Waals surface area contributed by atoms with Gasteiger partial charge in [-0.3, -0.25) is 4.90 Å². The number of furan rings is 1. The highest BCUT2D eigenvalue weighted by atomic mass is 16.3. The van der Waals surface area contributed by atoms with E-state index in [-0.39, 0.29) is 0 Å². The molecule has 2 aromatic rings. The monoisotopic (exact) mass is 270 g/mol. The zero-order valence-corrected chi connectivity index (χ0v) is 11.8. The molecule has 0 bridgehead atoms. The van der Waals surface area contributed by atoms with Gasteiger partial charge in [0.05, 0.1) is 12.8 Å². The minimum Gasteiger partial charge on any atom is -0.468 e. The SMILES string of the molecule is c1coc(CNCc2ccc(CN3CCCC3)cc2)c1. The molecule has 106 valence electrons. The maximum Gasteiger partial charge on any atom is 0.117 e. The van der Waals surface area contributed by atoms with Crippen molar-refractivity contribution in [1.82, 2.24) is 10.2 Å².